The molecule has 0 bridgehead atoms. The molecule has 0 aliphatic carbocycles. The van der Waals surface area contributed by atoms with Crippen LogP contribution in [0, 0.1) is 0 Å². The molecule has 0 amide bonds. The van der Waals surface area contributed by atoms with Gasteiger partial charge >= 0.3 is 5.96 Å². The standard InChI is InChI=1S/C16H24N4O/c1-3-4-5-12-21-15-8-6-14(7-9-15)13(2)19-20-16-17-10-11-18-16/h6-9,19H,2-5,10-12H2,1H3,(H2,17,18,20)/p+1. The zero-order valence-electron chi connectivity index (χ0n) is 12.7. The van der Waals surface area contributed by atoms with Crippen LogP contribution in [-0.2, 0) is 0 Å². The Balaban J connectivity index is 1.76. The smallest absolute Gasteiger partial charge is 0.365 e. The number of rotatable bonds is 8. The molecule has 0 aromatic heterocycles. The zero-order chi connectivity index (χ0) is 14.9. The van der Waals surface area contributed by atoms with Crippen molar-refractivity contribution < 1.29 is 9.73 Å². The number of unbranched alkanes of at least 4 members (excludes halogenated alkanes) is 2. The van der Waals surface area contributed by atoms with Crippen molar-refractivity contribution in [3.05, 3.63) is 36.4 Å². The van der Waals surface area contributed by atoms with Crippen molar-refractivity contribution in [2.24, 2.45) is 0 Å². The lowest BCUT2D eigenvalue weighted by atomic mass is 10.2. The predicted octanol–water partition coefficient (Wildman–Crippen LogP) is 0.360. The summed E-state index contributed by atoms with van der Waals surface area (Å²) < 4.78 is 5.69. The average Bonchev–Trinajstić information content (AvgIpc) is 3.03. The van der Waals surface area contributed by atoms with Crippen LogP contribution in [0.5, 0.6) is 5.75 Å². The van der Waals surface area contributed by atoms with Crippen molar-refractivity contribution in [1.82, 2.24) is 16.2 Å². The summed E-state index contributed by atoms with van der Waals surface area (Å²) in [5, 5.41) is 3.18. The number of hydrazine groups is 1. The van der Waals surface area contributed by atoms with E-state index >= 15 is 0 Å². The Kier molecular flexibility index (Phi) is 5.94. The quantitative estimate of drug-likeness (QED) is 0.412. The van der Waals surface area contributed by atoms with Crippen LogP contribution in [0.4, 0.5) is 0 Å². The van der Waals surface area contributed by atoms with E-state index in [9.17, 15) is 0 Å². The van der Waals surface area contributed by atoms with Gasteiger partial charge in [-0.25, -0.2) is 0 Å². The van der Waals surface area contributed by atoms with Crippen LogP contribution in [0.2, 0.25) is 0 Å². The van der Waals surface area contributed by atoms with Gasteiger partial charge in [-0.05, 0) is 30.7 Å². The molecule has 1 aromatic carbocycles. The SMILES string of the molecule is C=C(NNC1=[NH+]CCN1)c1ccc(OCCCCC)cc1. The topological polar surface area (TPSA) is 59.3 Å². The Bertz CT molecular complexity index is 482. The molecule has 0 spiro atoms. The Morgan fingerprint density at radius 1 is 1.33 bits per heavy atom. The van der Waals surface area contributed by atoms with Crippen molar-refractivity contribution >= 4 is 11.7 Å². The van der Waals surface area contributed by atoms with Gasteiger partial charge in [-0.3, -0.25) is 15.7 Å². The molecule has 0 radical (unpaired) electrons. The van der Waals surface area contributed by atoms with Gasteiger partial charge in [-0.15, -0.1) is 0 Å². The minimum absolute atomic E-state index is 0.781. The maximum absolute atomic E-state index is 5.69. The molecular weight excluding hydrogens is 264 g/mol. The third kappa shape index (κ3) is 5.02. The van der Waals surface area contributed by atoms with E-state index in [-0.39, 0.29) is 0 Å². The average molecular weight is 289 g/mol. The van der Waals surface area contributed by atoms with Gasteiger partial charge in [0, 0.05) is 5.56 Å². The van der Waals surface area contributed by atoms with Crippen molar-refractivity contribution in [3.8, 4) is 5.75 Å². The fraction of sp³-hybridized carbons (Fsp3) is 0.438. The second-order valence-electron chi connectivity index (χ2n) is 5.04. The monoisotopic (exact) mass is 289 g/mol. The summed E-state index contributed by atoms with van der Waals surface area (Å²) >= 11 is 0. The first kappa shape index (κ1) is 15.2. The maximum atomic E-state index is 5.69. The lowest BCUT2D eigenvalue weighted by molar-refractivity contribution is -0.447. The second kappa shape index (κ2) is 8.19. The molecule has 0 unspecified atom stereocenters. The molecule has 1 aliphatic rings. The molecule has 0 atom stereocenters. The molecule has 2 rings (SSSR count). The van der Waals surface area contributed by atoms with Gasteiger partial charge in [0.1, 0.15) is 5.75 Å². The van der Waals surface area contributed by atoms with Gasteiger partial charge in [0.05, 0.1) is 25.4 Å². The number of hydrogen-bond acceptors (Lipinski definition) is 4. The highest BCUT2D eigenvalue weighted by molar-refractivity contribution is 5.76. The highest BCUT2D eigenvalue weighted by Gasteiger charge is 2.11. The molecular formula is C16H25N4O+. The van der Waals surface area contributed by atoms with E-state index in [2.05, 4.69) is 34.7 Å². The highest BCUT2D eigenvalue weighted by atomic mass is 16.5. The van der Waals surface area contributed by atoms with E-state index in [4.69, 9.17) is 4.74 Å². The van der Waals surface area contributed by atoms with Gasteiger partial charge in [-0.2, -0.15) is 5.43 Å². The zero-order valence-corrected chi connectivity index (χ0v) is 12.7. The van der Waals surface area contributed by atoms with Crippen LogP contribution in [0.1, 0.15) is 31.7 Å². The van der Waals surface area contributed by atoms with Crippen molar-refractivity contribution in [1.29, 1.82) is 0 Å². The first-order valence-corrected chi connectivity index (χ1v) is 7.58. The summed E-state index contributed by atoms with van der Waals surface area (Å²) in [6.07, 6.45) is 3.53. The van der Waals surface area contributed by atoms with Crippen LogP contribution in [-0.4, -0.2) is 25.7 Å². The van der Waals surface area contributed by atoms with E-state index in [1.165, 1.54) is 12.8 Å². The Hall–Kier alpha value is -2.17. The molecule has 4 N–H and O–H groups in total. The molecule has 0 fully saturated rings. The number of benzene rings is 1. The third-order valence-electron chi connectivity index (χ3n) is 3.29. The fourth-order valence-corrected chi connectivity index (χ4v) is 2.03. The maximum Gasteiger partial charge on any atom is 0.365 e. The van der Waals surface area contributed by atoms with Crippen LogP contribution in [0.25, 0.3) is 5.70 Å². The Morgan fingerprint density at radius 2 is 2.14 bits per heavy atom. The first-order valence-electron chi connectivity index (χ1n) is 7.58. The molecule has 114 valence electrons. The summed E-state index contributed by atoms with van der Waals surface area (Å²) in [7, 11) is 0. The highest BCUT2D eigenvalue weighted by Crippen LogP contribution is 2.16. The minimum atomic E-state index is 0.781. The van der Waals surface area contributed by atoms with E-state index in [0.29, 0.717) is 0 Å². The molecule has 1 heterocycles. The van der Waals surface area contributed by atoms with Gasteiger partial charge in [0.2, 0.25) is 0 Å². The molecule has 0 saturated carbocycles. The second-order valence-corrected chi connectivity index (χ2v) is 5.04. The van der Waals surface area contributed by atoms with Crippen molar-refractivity contribution in [2.45, 2.75) is 26.2 Å². The molecule has 0 saturated heterocycles. The lowest BCUT2D eigenvalue weighted by Crippen LogP contribution is -2.75. The van der Waals surface area contributed by atoms with Crippen molar-refractivity contribution in [2.75, 3.05) is 19.7 Å². The summed E-state index contributed by atoms with van der Waals surface area (Å²) in [5.74, 6) is 1.79. The summed E-state index contributed by atoms with van der Waals surface area (Å²) in [6, 6.07) is 7.97. The fourth-order valence-electron chi connectivity index (χ4n) is 2.03. The van der Waals surface area contributed by atoms with Crippen molar-refractivity contribution in [3.63, 3.8) is 0 Å². The number of ether oxygens (including phenoxy) is 1. The Morgan fingerprint density at radius 3 is 2.81 bits per heavy atom. The molecule has 1 aliphatic heterocycles. The largest absolute Gasteiger partial charge is 0.494 e. The summed E-state index contributed by atoms with van der Waals surface area (Å²) in [4.78, 5) is 3.18. The van der Waals surface area contributed by atoms with Crippen LogP contribution in [0.15, 0.2) is 30.8 Å². The molecule has 1 aromatic rings. The van der Waals surface area contributed by atoms with Gasteiger partial charge < -0.3 is 4.74 Å². The van der Waals surface area contributed by atoms with E-state index in [0.717, 1.165) is 49.1 Å². The van der Waals surface area contributed by atoms with E-state index < -0.39 is 0 Å². The van der Waals surface area contributed by atoms with E-state index in [1.807, 2.05) is 24.3 Å². The van der Waals surface area contributed by atoms with Gasteiger partial charge in [0.15, 0.2) is 0 Å². The minimum Gasteiger partial charge on any atom is -0.494 e. The third-order valence-corrected chi connectivity index (χ3v) is 3.29. The number of hydrogen-bond donors (Lipinski definition) is 4. The Labute approximate surface area is 126 Å². The predicted molar refractivity (Wildman–Crippen MR) is 85.6 cm³/mol. The summed E-state index contributed by atoms with van der Waals surface area (Å²) in [5.41, 5.74) is 7.97. The van der Waals surface area contributed by atoms with Crippen LogP contribution in [0.3, 0.4) is 0 Å². The normalized spacial score (nSPS) is 13.3. The van der Waals surface area contributed by atoms with Gasteiger partial charge in [0.25, 0.3) is 0 Å². The van der Waals surface area contributed by atoms with Gasteiger partial charge in [-0.1, -0.05) is 26.3 Å². The lowest BCUT2D eigenvalue weighted by Gasteiger charge is -2.09. The van der Waals surface area contributed by atoms with Crippen LogP contribution < -0.4 is 25.9 Å². The molecule has 21 heavy (non-hydrogen) atoms. The molecule has 5 heteroatoms. The number of guanidine groups is 1. The van der Waals surface area contributed by atoms with Crippen LogP contribution >= 0.6 is 0 Å². The molecule has 5 nitrogen and oxygen atoms in total. The number of nitrogens with one attached hydrogen (secondary N) is 4. The first-order chi connectivity index (χ1) is 10.3. The van der Waals surface area contributed by atoms with E-state index in [1.54, 1.807) is 0 Å². The summed E-state index contributed by atoms with van der Waals surface area (Å²) in [6.45, 7) is 8.85.